The third-order valence-electron chi connectivity index (χ3n) is 2.16. The van der Waals surface area contributed by atoms with Gasteiger partial charge in [0.2, 0.25) is 0 Å². The lowest BCUT2D eigenvalue weighted by atomic mass is 9.95. The Kier molecular flexibility index (Phi) is 2.26. The highest BCUT2D eigenvalue weighted by atomic mass is 16.6. The molecule has 72 valence electrons. The van der Waals surface area contributed by atoms with E-state index in [4.69, 9.17) is 0 Å². The van der Waals surface area contributed by atoms with E-state index in [-0.39, 0.29) is 18.8 Å². The molecule has 1 aromatic rings. The summed E-state index contributed by atoms with van der Waals surface area (Å²) in [5.41, 5.74) is 0.775. The molecule has 2 heterocycles. The van der Waals surface area contributed by atoms with Crippen molar-refractivity contribution in [3.63, 3.8) is 0 Å². The summed E-state index contributed by atoms with van der Waals surface area (Å²) in [5.74, 6) is -1.04. The summed E-state index contributed by atoms with van der Waals surface area (Å²) in [4.78, 5) is 26.1. The van der Waals surface area contributed by atoms with E-state index in [9.17, 15) is 9.59 Å². The molecule has 1 fully saturated rings. The first-order valence-electron chi connectivity index (χ1n) is 4.40. The number of esters is 2. The molecule has 0 N–H and O–H groups in total. The number of carbonyl (C=O) groups is 2. The van der Waals surface area contributed by atoms with Gasteiger partial charge in [0.05, 0.1) is 12.8 Å². The fourth-order valence-electron chi connectivity index (χ4n) is 1.51. The second-order valence-corrected chi connectivity index (χ2v) is 3.21. The number of rotatable bonds is 1. The molecular formula is C10H9NO3. The minimum absolute atomic E-state index is 0.120. The van der Waals surface area contributed by atoms with Crippen LogP contribution in [-0.4, -0.2) is 16.9 Å². The average Bonchev–Trinajstić information content (AvgIpc) is 2.18. The Morgan fingerprint density at radius 3 is 2.50 bits per heavy atom. The van der Waals surface area contributed by atoms with Gasteiger partial charge in [-0.25, -0.2) is 0 Å². The van der Waals surface area contributed by atoms with Crippen molar-refractivity contribution in [3.05, 3.63) is 30.1 Å². The fourth-order valence-corrected chi connectivity index (χ4v) is 1.51. The SMILES string of the molecule is O=C1CC(c2ccccn2)CC(=O)O1. The van der Waals surface area contributed by atoms with Gasteiger partial charge in [-0.15, -0.1) is 0 Å². The predicted octanol–water partition coefficient (Wildman–Crippen LogP) is 1.03. The zero-order valence-corrected chi connectivity index (χ0v) is 7.47. The van der Waals surface area contributed by atoms with Crippen molar-refractivity contribution >= 4 is 11.9 Å². The summed E-state index contributed by atoms with van der Waals surface area (Å²) in [6, 6.07) is 5.45. The van der Waals surface area contributed by atoms with Gasteiger partial charge < -0.3 is 4.74 Å². The van der Waals surface area contributed by atoms with Gasteiger partial charge in [-0.3, -0.25) is 14.6 Å². The van der Waals surface area contributed by atoms with Crippen LogP contribution >= 0.6 is 0 Å². The maximum atomic E-state index is 11.0. The number of nitrogens with zero attached hydrogens (tertiary/aromatic N) is 1. The standard InChI is InChI=1S/C10H9NO3/c12-9-5-7(6-10(13)14-9)8-3-1-2-4-11-8/h1-4,7H,5-6H2. The van der Waals surface area contributed by atoms with Crippen LogP contribution in [0.4, 0.5) is 0 Å². The molecule has 0 atom stereocenters. The molecule has 0 amide bonds. The van der Waals surface area contributed by atoms with Crippen LogP contribution in [0.5, 0.6) is 0 Å². The quantitative estimate of drug-likeness (QED) is 0.491. The third kappa shape index (κ3) is 1.79. The molecule has 2 rings (SSSR count). The van der Waals surface area contributed by atoms with Gasteiger partial charge in [0.15, 0.2) is 0 Å². The second kappa shape index (κ2) is 3.57. The minimum atomic E-state index is -0.461. The number of carbonyl (C=O) groups excluding carboxylic acids is 2. The zero-order valence-electron chi connectivity index (χ0n) is 7.47. The highest BCUT2D eigenvalue weighted by Crippen LogP contribution is 2.26. The summed E-state index contributed by atoms with van der Waals surface area (Å²) in [5, 5.41) is 0. The summed E-state index contributed by atoms with van der Waals surface area (Å²) >= 11 is 0. The summed E-state index contributed by atoms with van der Waals surface area (Å²) < 4.78 is 4.43. The van der Waals surface area contributed by atoms with Crippen molar-refractivity contribution in [2.45, 2.75) is 18.8 Å². The van der Waals surface area contributed by atoms with Crippen LogP contribution < -0.4 is 0 Å². The van der Waals surface area contributed by atoms with Crippen LogP contribution in [0.25, 0.3) is 0 Å². The lowest BCUT2D eigenvalue weighted by molar-refractivity contribution is -0.164. The molecule has 0 radical (unpaired) electrons. The van der Waals surface area contributed by atoms with Gasteiger partial charge in [-0.2, -0.15) is 0 Å². The number of hydrogen-bond donors (Lipinski definition) is 0. The molecule has 0 spiro atoms. The molecule has 4 heteroatoms. The maximum Gasteiger partial charge on any atom is 0.314 e. The third-order valence-corrected chi connectivity index (χ3v) is 2.16. The highest BCUT2D eigenvalue weighted by Gasteiger charge is 2.28. The Balaban J connectivity index is 2.19. The van der Waals surface area contributed by atoms with Gasteiger partial charge in [0.25, 0.3) is 0 Å². The maximum absolute atomic E-state index is 11.0. The van der Waals surface area contributed by atoms with Crippen molar-refractivity contribution in [1.82, 2.24) is 4.98 Å². The van der Waals surface area contributed by atoms with Gasteiger partial charge in [-0.1, -0.05) is 6.07 Å². The molecule has 1 aliphatic rings. The highest BCUT2D eigenvalue weighted by molar-refractivity contribution is 5.89. The molecule has 1 aliphatic heterocycles. The lowest BCUT2D eigenvalue weighted by Gasteiger charge is -2.18. The number of ether oxygens (including phenoxy) is 1. The van der Waals surface area contributed by atoms with E-state index in [0.29, 0.717) is 0 Å². The van der Waals surface area contributed by atoms with Crippen LogP contribution in [0.3, 0.4) is 0 Å². The van der Waals surface area contributed by atoms with E-state index in [1.165, 1.54) is 0 Å². The van der Waals surface area contributed by atoms with Gasteiger partial charge in [0.1, 0.15) is 0 Å². The van der Waals surface area contributed by atoms with Crippen LogP contribution in [0.15, 0.2) is 24.4 Å². The Hall–Kier alpha value is -1.71. The van der Waals surface area contributed by atoms with E-state index in [0.717, 1.165) is 5.69 Å². The van der Waals surface area contributed by atoms with Gasteiger partial charge >= 0.3 is 11.9 Å². The number of aromatic nitrogens is 1. The first-order valence-corrected chi connectivity index (χ1v) is 4.40. The fraction of sp³-hybridized carbons (Fsp3) is 0.300. The Morgan fingerprint density at radius 1 is 1.21 bits per heavy atom. The minimum Gasteiger partial charge on any atom is -0.393 e. The van der Waals surface area contributed by atoms with Gasteiger partial charge in [-0.05, 0) is 12.1 Å². The van der Waals surface area contributed by atoms with Crippen molar-refractivity contribution in [2.24, 2.45) is 0 Å². The first kappa shape index (κ1) is 8.87. The van der Waals surface area contributed by atoms with E-state index < -0.39 is 11.9 Å². The van der Waals surface area contributed by atoms with Crippen LogP contribution in [-0.2, 0) is 14.3 Å². The number of pyridine rings is 1. The van der Waals surface area contributed by atoms with E-state index in [2.05, 4.69) is 9.72 Å². The number of hydrogen-bond acceptors (Lipinski definition) is 4. The summed E-state index contributed by atoms with van der Waals surface area (Å²) in [6.07, 6.45) is 2.13. The molecule has 0 bridgehead atoms. The smallest absolute Gasteiger partial charge is 0.314 e. The molecule has 0 aliphatic carbocycles. The van der Waals surface area contributed by atoms with Crippen molar-refractivity contribution in [3.8, 4) is 0 Å². The Bertz CT molecular complexity index is 345. The predicted molar refractivity (Wildman–Crippen MR) is 47.3 cm³/mol. The monoisotopic (exact) mass is 191 g/mol. The molecule has 4 nitrogen and oxygen atoms in total. The molecule has 1 saturated heterocycles. The van der Waals surface area contributed by atoms with E-state index in [1.807, 2.05) is 12.1 Å². The summed E-state index contributed by atoms with van der Waals surface area (Å²) in [6.45, 7) is 0. The van der Waals surface area contributed by atoms with Crippen molar-refractivity contribution in [1.29, 1.82) is 0 Å². The molecule has 1 aromatic heterocycles. The van der Waals surface area contributed by atoms with Crippen molar-refractivity contribution in [2.75, 3.05) is 0 Å². The topological polar surface area (TPSA) is 56.3 Å². The molecule has 0 unspecified atom stereocenters. The van der Waals surface area contributed by atoms with E-state index >= 15 is 0 Å². The Labute approximate surface area is 80.9 Å². The number of cyclic esters (lactones) is 2. The van der Waals surface area contributed by atoms with Crippen LogP contribution in [0.1, 0.15) is 24.5 Å². The van der Waals surface area contributed by atoms with Crippen LogP contribution in [0, 0.1) is 0 Å². The normalized spacial score (nSPS) is 18.0. The molecule has 14 heavy (non-hydrogen) atoms. The molecule has 0 saturated carbocycles. The second-order valence-electron chi connectivity index (χ2n) is 3.21. The zero-order chi connectivity index (χ0) is 9.97. The molecule has 0 aromatic carbocycles. The lowest BCUT2D eigenvalue weighted by Crippen LogP contribution is -2.24. The first-order chi connectivity index (χ1) is 6.75. The average molecular weight is 191 g/mol. The molecular weight excluding hydrogens is 182 g/mol. The Morgan fingerprint density at radius 2 is 1.93 bits per heavy atom. The summed E-state index contributed by atoms with van der Waals surface area (Å²) in [7, 11) is 0. The van der Waals surface area contributed by atoms with Gasteiger partial charge in [0, 0.05) is 17.8 Å². The largest absolute Gasteiger partial charge is 0.393 e. The van der Waals surface area contributed by atoms with E-state index in [1.54, 1.807) is 12.3 Å². The van der Waals surface area contributed by atoms with Crippen LogP contribution in [0.2, 0.25) is 0 Å². The van der Waals surface area contributed by atoms with Crippen molar-refractivity contribution < 1.29 is 14.3 Å².